The molecule has 0 N–H and O–H groups in total. The summed E-state index contributed by atoms with van der Waals surface area (Å²) in [4.78, 5) is 0. The average molecular weight is 315 g/mol. The fourth-order valence-electron chi connectivity index (χ4n) is 1.84. The minimum absolute atomic E-state index is 0.118. The molecule has 1 aromatic rings. The Morgan fingerprint density at radius 2 is 2.11 bits per heavy atom. The third-order valence-corrected chi connectivity index (χ3v) is 3.63. The first-order valence-electron chi connectivity index (χ1n) is 6.44. The predicted molar refractivity (Wildman–Crippen MR) is 73.9 cm³/mol. The largest absolute Gasteiger partial charge is 0.494 e. The Kier molecular flexibility index (Phi) is 5.47. The van der Waals surface area contributed by atoms with E-state index in [1.54, 1.807) is 0 Å². The van der Waals surface area contributed by atoms with E-state index in [2.05, 4.69) is 28.9 Å². The third kappa shape index (κ3) is 3.97. The van der Waals surface area contributed by atoms with E-state index in [9.17, 15) is 0 Å². The minimum atomic E-state index is -0.118. The molecule has 1 fully saturated rings. The molecule has 1 aromatic carbocycles. The van der Waals surface area contributed by atoms with Crippen LogP contribution in [0, 0.1) is 0 Å². The van der Waals surface area contributed by atoms with Gasteiger partial charge in [0.15, 0.2) is 6.29 Å². The van der Waals surface area contributed by atoms with Gasteiger partial charge in [-0.05, 0) is 30.2 Å². The standard InChI is InChI=1S/C14H19BrO3/c1-2-3-6-16-12-4-5-13(15)11(9-12)10-14-17-7-8-18-14/h4-5,9,14H,2-3,6-8,10H2,1H3. The van der Waals surface area contributed by atoms with Crippen LogP contribution in [0.25, 0.3) is 0 Å². The first kappa shape index (κ1) is 13.8. The summed E-state index contributed by atoms with van der Waals surface area (Å²) >= 11 is 3.55. The Morgan fingerprint density at radius 3 is 2.83 bits per heavy atom. The Morgan fingerprint density at radius 1 is 1.33 bits per heavy atom. The molecule has 0 spiro atoms. The zero-order valence-corrected chi connectivity index (χ0v) is 12.2. The van der Waals surface area contributed by atoms with Crippen LogP contribution in [-0.4, -0.2) is 26.1 Å². The van der Waals surface area contributed by atoms with Gasteiger partial charge in [-0.2, -0.15) is 0 Å². The quantitative estimate of drug-likeness (QED) is 0.752. The molecule has 1 heterocycles. The van der Waals surface area contributed by atoms with Crippen molar-refractivity contribution in [2.45, 2.75) is 32.5 Å². The number of benzene rings is 1. The summed E-state index contributed by atoms with van der Waals surface area (Å²) in [7, 11) is 0. The molecule has 0 atom stereocenters. The van der Waals surface area contributed by atoms with Gasteiger partial charge in [0.05, 0.1) is 19.8 Å². The molecular weight excluding hydrogens is 296 g/mol. The van der Waals surface area contributed by atoms with E-state index in [1.807, 2.05) is 12.1 Å². The molecule has 100 valence electrons. The van der Waals surface area contributed by atoms with Gasteiger partial charge in [0, 0.05) is 10.9 Å². The van der Waals surface area contributed by atoms with Crippen molar-refractivity contribution >= 4 is 15.9 Å². The lowest BCUT2D eigenvalue weighted by Crippen LogP contribution is -2.11. The number of ether oxygens (including phenoxy) is 3. The van der Waals surface area contributed by atoms with Crippen LogP contribution < -0.4 is 4.74 Å². The maximum absolute atomic E-state index is 5.70. The summed E-state index contributed by atoms with van der Waals surface area (Å²) in [6.07, 6.45) is 2.87. The van der Waals surface area contributed by atoms with Gasteiger partial charge < -0.3 is 14.2 Å². The monoisotopic (exact) mass is 314 g/mol. The van der Waals surface area contributed by atoms with Crippen molar-refractivity contribution in [2.75, 3.05) is 19.8 Å². The molecule has 4 heteroatoms. The lowest BCUT2D eigenvalue weighted by Gasteiger charge is -2.12. The zero-order chi connectivity index (χ0) is 12.8. The molecule has 1 saturated heterocycles. The van der Waals surface area contributed by atoms with Crippen LogP contribution in [0.15, 0.2) is 22.7 Å². The smallest absolute Gasteiger partial charge is 0.161 e. The molecule has 0 radical (unpaired) electrons. The highest BCUT2D eigenvalue weighted by atomic mass is 79.9. The normalized spacial score (nSPS) is 16.1. The van der Waals surface area contributed by atoms with Crippen molar-refractivity contribution in [2.24, 2.45) is 0 Å². The molecule has 0 bridgehead atoms. The van der Waals surface area contributed by atoms with Crippen LogP contribution in [0.3, 0.4) is 0 Å². The zero-order valence-electron chi connectivity index (χ0n) is 10.7. The van der Waals surface area contributed by atoms with E-state index in [1.165, 1.54) is 0 Å². The van der Waals surface area contributed by atoms with E-state index in [-0.39, 0.29) is 6.29 Å². The average Bonchev–Trinajstić information content (AvgIpc) is 2.86. The number of hydrogen-bond donors (Lipinski definition) is 0. The highest BCUT2D eigenvalue weighted by Crippen LogP contribution is 2.25. The fraction of sp³-hybridized carbons (Fsp3) is 0.571. The minimum Gasteiger partial charge on any atom is -0.494 e. The van der Waals surface area contributed by atoms with Crippen LogP contribution in [0.4, 0.5) is 0 Å². The van der Waals surface area contributed by atoms with Crippen molar-refractivity contribution in [3.8, 4) is 5.75 Å². The van der Waals surface area contributed by atoms with Gasteiger partial charge in [-0.3, -0.25) is 0 Å². The number of halogens is 1. The van der Waals surface area contributed by atoms with Gasteiger partial charge in [0.25, 0.3) is 0 Å². The second-order valence-electron chi connectivity index (χ2n) is 4.33. The van der Waals surface area contributed by atoms with Gasteiger partial charge in [-0.15, -0.1) is 0 Å². The molecule has 0 aliphatic carbocycles. The number of hydrogen-bond acceptors (Lipinski definition) is 3. The van der Waals surface area contributed by atoms with Gasteiger partial charge in [-0.25, -0.2) is 0 Å². The Balaban J connectivity index is 1.96. The van der Waals surface area contributed by atoms with Gasteiger partial charge in [0.2, 0.25) is 0 Å². The van der Waals surface area contributed by atoms with Crippen molar-refractivity contribution in [3.63, 3.8) is 0 Å². The van der Waals surface area contributed by atoms with Crippen molar-refractivity contribution in [1.29, 1.82) is 0 Å². The first-order chi connectivity index (χ1) is 8.79. The summed E-state index contributed by atoms with van der Waals surface area (Å²) in [5.41, 5.74) is 1.16. The van der Waals surface area contributed by atoms with E-state index >= 15 is 0 Å². The lowest BCUT2D eigenvalue weighted by atomic mass is 10.1. The summed E-state index contributed by atoms with van der Waals surface area (Å²) in [5.74, 6) is 0.916. The van der Waals surface area contributed by atoms with Crippen LogP contribution >= 0.6 is 15.9 Å². The maximum atomic E-state index is 5.70. The van der Waals surface area contributed by atoms with E-state index in [4.69, 9.17) is 14.2 Å². The van der Waals surface area contributed by atoms with Crippen molar-refractivity contribution < 1.29 is 14.2 Å². The van der Waals surface area contributed by atoms with Gasteiger partial charge >= 0.3 is 0 Å². The Hall–Kier alpha value is -0.580. The van der Waals surface area contributed by atoms with E-state index in [0.717, 1.165) is 41.7 Å². The highest BCUT2D eigenvalue weighted by Gasteiger charge is 2.18. The number of unbranched alkanes of at least 4 members (excludes halogenated alkanes) is 1. The summed E-state index contributed by atoms with van der Waals surface area (Å²) in [5, 5.41) is 0. The molecular formula is C14H19BrO3. The molecule has 1 aliphatic heterocycles. The summed E-state index contributed by atoms with van der Waals surface area (Å²) in [6.45, 7) is 4.31. The molecule has 1 aliphatic rings. The molecule has 18 heavy (non-hydrogen) atoms. The van der Waals surface area contributed by atoms with Gasteiger partial charge in [-0.1, -0.05) is 29.3 Å². The molecule has 3 nitrogen and oxygen atoms in total. The molecule has 0 aromatic heterocycles. The van der Waals surface area contributed by atoms with E-state index in [0.29, 0.717) is 13.2 Å². The third-order valence-electron chi connectivity index (χ3n) is 2.86. The SMILES string of the molecule is CCCCOc1ccc(Br)c(CC2OCCO2)c1. The first-order valence-corrected chi connectivity index (χ1v) is 7.23. The van der Waals surface area contributed by atoms with Crippen molar-refractivity contribution in [3.05, 3.63) is 28.2 Å². The van der Waals surface area contributed by atoms with Gasteiger partial charge in [0.1, 0.15) is 5.75 Å². The second kappa shape index (κ2) is 7.12. The Labute approximate surface area is 117 Å². The van der Waals surface area contributed by atoms with Crippen LogP contribution in [0.1, 0.15) is 25.3 Å². The topological polar surface area (TPSA) is 27.7 Å². The fourth-order valence-corrected chi connectivity index (χ4v) is 2.24. The molecule has 0 amide bonds. The van der Waals surface area contributed by atoms with Crippen LogP contribution in [0.5, 0.6) is 5.75 Å². The summed E-state index contributed by atoms with van der Waals surface area (Å²) in [6, 6.07) is 6.07. The second-order valence-corrected chi connectivity index (χ2v) is 5.18. The summed E-state index contributed by atoms with van der Waals surface area (Å²) < 4.78 is 17.7. The molecule has 2 rings (SSSR count). The Bertz CT molecular complexity index is 375. The van der Waals surface area contributed by atoms with Crippen LogP contribution in [-0.2, 0) is 15.9 Å². The highest BCUT2D eigenvalue weighted by molar-refractivity contribution is 9.10. The number of rotatable bonds is 6. The maximum Gasteiger partial charge on any atom is 0.161 e. The van der Waals surface area contributed by atoms with Crippen LogP contribution in [0.2, 0.25) is 0 Å². The lowest BCUT2D eigenvalue weighted by molar-refractivity contribution is -0.0401. The predicted octanol–water partition coefficient (Wildman–Crippen LogP) is 3.54. The van der Waals surface area contributed by atoms with E-state index < -0.39 is 0 Å². The molecule has 0 unspecified atom stereocenters. The molecule has 0 saturated carbocycles. The van der Waals surface area contributed by atoms with Crippen molar-refractivity contribution in [1.82, 2.24) is 0 Å².